The molecule has 0 bridgehead atoms. The summed E-state index contributed by atoms with van der Waals surface area (Å²) < 4.78 is 11.1. The molecule has 0 unspecified atom stereocenters. The van der Waals surface area contributed by atoms with Crippen molar-refractivity contribution in [3.05, 3.63) is 87.6 Å². The van der Waals surface area contributed by atoms with Crippen LogP contribution in [0.15, 0.2) is 75.3 Å². The average molecular weight is 348 g/mol. The summed E-state index contributed by atoms with van der Waals surface area (Å²) in [5, 5.41) is 3.00. The van der Waals surface area contributed by atoms with E-state index in [0.717, 1.165) is 16.5 Å². The van der Waals surface area contributed by atoms with E-state index in [1.165, 1.54) is 16.5 Å². The van der Waals surface area contributed by atoms with Crippen molar-refractivity contribution in [2.24, 2.45) is 0 Å². The number of aryl methyl sites for hydroxylation is 1. The summed E-state index contributed by atoms with van der Waals surface area (Å²) >= 11 is 1.73. The third kappa shape index (κ3) is 3.35. The number of rotatable bonds is 4. The van der Waals surface area contributed by atoms with Gasteiger partial charge in [-0.05, 0) is 47.2 Å². The lowest BCUT2D eigenvalue weighted by molar-refractivity contribution is 0.306. The van der Waals surface area contributed by atoms with Crippen molar-refractivity contribution in [1.82, 2.24) is 0 Å². The normalized spacial score (nSPS) is 10.9. The van der Waals surface area contributed by atoms with Crippen LogP contribution in [-0.4, -0.2) is 0 Å². The van der Waals surface area contributed by atoms with Crippen molar-refractivity contribution in [2.75, 3.05) is 0 Å². The maximum absolute atomic E-state index is 11.5. The van der Waals surface area contributed by atoms with Crippen LogP contribution in [0.4, 0.5) is 0 Å². The molecule has 2 aromatic heterocycles. The van der Waals surface area contributed by atoms with Crippen LogP contribution in [0, 0.1) is 6.92 Å². The summed E-state index contributed by atoms with van der Waals surface area (Å²) in [4.78, 5) is 12.8. The number of benzene rings is 2. The molecule has 4 aromatic rings. The van der Waals surface area contributed by atoms with Crippen molar-refractivity contribution >= 4 is 22.3 Å². The van der Waals surface area contributed by atoms with Gasteiger partial charge in [-0.2, -0.15) is 0 Å². The second kappa shape index (κ2) is 6.57. The molecule has 0 N–H and O–H groups in total. The minimum atomic E-state index is -0.341. The Kier molecular flexibility index (Phi) is 4.12. The predicted octanol–water partition coefficient (Wildman–Crippen LogP) is 5.41. The molecule has 0 radical (unpaired) electrons. The van der Waals surface area contributed by atoms with Crippen LogP contribution in [0.3, 0.4) is 0 Å². The molecule has 0 saturated carbocycles. The molecular formula is C21H16O3S. The lowest BCUT2D eigenvalue weighted by atomic mass is 10.1. The van der Waals surface area contributed by atoms with Crippen LogP contribution in [0.2, 0.25) is 0 Å². The fourth-order valence-electron chi connectivity index (χ4n) is 2.77. The molecule has 25 heavy (non-hydrogen) atoms. The van der Waals surface area contributed by atoms with Gasteiger partial charge in [0, 0.05) is 22.4 Å². The second-order valence-electron chi connectivity index (χ2n) is 5.87. The molecule has 0 fully saturated rings. The molecule has 4 rings (SSSR count). The number of hydrogen-bond donors (Lipinski definition) is 0. The predicted molar refractivity (Wildman–Crippen MR) is 101 cm³/mol. The molecule has 0 saturated heterocycles. The largest absolute Gasteiger partial charge is 0.489 e. The maximum Gasteiger partial charge on any atom is 0.336 e. The van der Waals surface area contributed by atoms with Crippen molar-refractivity contribution < 1.29 is 9.15 Å². The van der Waals surface area contributed by atoms with E-state index >= 15 is 0 Å². The Labute approximate surface area is 149 Å². The van der Waals surface area contributed by atoms with Gasteiger partial charge in [-0.15, -0.1) is 11.3 Å². The van der Waals surface area contributed by atoms with Crippen LogP contribution in [0.25, 0.3) is 21.4 Å². The van der Waals surface area contributed by atoms with E-state index in [9.17, 15) is 4.79 Å². The lowest BCUT2D eigenvalue weighted by Gasteiger charge is -2.08. The van der Waals surface area contributed by atoms with Crippen LogP contribution < -0.4 is 10.4 Å². The van der Waals surface area contributed by atoms with E-state index in [1.54, 1.807) is 17.4 Å². The zero-order valence-corrected chi connectivity index (χ0v) is 14.5. The number of fused-ring (bicyclic) bond motifs is 1. The zero-order valence-electron chi connectivity index (χ0n) is 13.7. The number of ether oxygens (including phenoxy) is 1. The number of thiophene rings is 1. The fourth-order valence-corrected chi connectivity index (χ4v) is 3.50. The standard InChI is InChI=1S/C21H16O3S/c1-14-11-21(22)24-19-12-17(8-9-18(14)19)23-13-15-4-6-16(7-5-15)20-3-2-10-25-20/h2-12H,13H2,1H3. The van der Waals surface area contributed by atoms with Crippen molar-refractivity contribution in [2.45, 2.75) is 13.5 Å². The Balaban J connectivity index is 1.51. The first kappa shape index (κ1) is 15.7. The molecule has 124 valence electrons. The highest BCUT2D eigenvalue weighted by molar-refractivity contribution is 7.13. The van der Waals surface area contributed by atoms with E-state index in [4.69, 9.17) is 9.15 Å². The minimum Gasteiger partial charge on any atom is -0.489 e. The lowest BCUT2D eigenvalue weighted by Crippen LogP contribution is -1.99. The first-order valence-electron chi connectivity index (χ1n) is 7.99. The molecule has 0 aliphatic heterocycles. The van der Waals surface area contributed by atoms with E-state index in [1.807, 2.05) is 19.1 Å². The van der Waals surface area contributed by atoms with E-state index < -0.39 is 0 Å². The highest BCUT2D eigenvalue weighted by Crippen LogP contribution is 2.26. The van der Waals surface area contributed by atoms with Gasteiger partial charge in [-0.25, -0.2) is 4.79 Å². The Morgan fingerprint density at radius 2 is 1.88 bits per heavy atom. The quantitative estimate of drug-likeness (QED) is 0.463. The highest BCUT2D eigenvalue weighted by atomic mass is 32.1. The van der Waals surface area contributed by atoms with Gasteiger partial charge in [0.15, 0.2) is 0 Å². The van der Waals surface area contributed by atoms with E-state index in [0.29, 0.717) is 17.9 Å². The van der Waals surface area contributed by atoms with Gasteiger partial charge in [0.1, 0.15) is 17.9 Å². The third-order valence-electron chi connectivity index (χ3n) is 4.09. The van der Waals surface area contributed by atoms with E-state index in [2.05, 4.69) is 41.8 Å². The first-order chi connectivity index (χ1) is 12.2. The molecule has 0 atom stereocenters. The molecule has 0 amide bonds. The summed E-state index contributed by atoms with van der Waals surface area (Å²) in [5.74, 6) is 0.684. The zero-order chi connectivity index (χ0) is 17.2. The topological polar surface area (TPSA) is 39.4 Å². The van der Waals surface area contributed by atoms with Gasteiger partial charge in [0.25, 0.3) is 0 Å². The Hall–Kier alpha value is -2.85. The number of hydrogen-bond acceptors (Lipinski definition) is 4. The van der Waals surface area contributed by atoms with Crippen molar-refractivity contribution in [3.8, 4) is 16.2 Å². The second-order valence-corrected chi connectivity index (χ2v) is 6.82. The van der Waals surface area contributed by atoms with Crippen molar-refractivity contribution in [3.63, 3.8) is 0 Å². The van der Waals surface area contributed by atoms with Gasteiger partial charge < -0.3 is 9.15 Å². The van der Waals surface area contributed by atoms with Gasteiger partial charge in [0.2, 0.25) is 0 Å². The maximum atomic E-state index is 11.5. The summed E-state index contributed by atoms with van der Waals surface area (Å²) in [6, 6.07) is 19.6. The molecule has 2 aromatic carbocycles. The summed E-state index contributed by atoms with van der Waals surface area (Å²) in [7, 11) is 0. The van der Waals surface area contributed by atoms with Crippen LogP contribution in [0.5, 0.6) is 5.75 Å². The molecule has 0 spiro atoms. The molecular weight excluding hydrogens is 332 g/mol. The minimum absolute atomic E-state index is 0.341. The Morgan fingerprint density at radius 3 is 2.64 bits per heavy atom. The van der Waals surface area contributed by atoms with Crippen LogP contribution >= 0.6 is 11.3 Å². The highest BCUT2D eigenvalue weighted by Gasteiger charge is 2.05. The van der Waals surface area contributed by atoms with Gasteiger partial charge in [-0.1, -0.05) is 30.3 Å². The van der Waals surface area contributed by atoms with Crippen LogP contribution in [0.1, 0.15) is 11.1 Å². The Morgan fingerprint density at radius 1 is 1.04 bits per heavy atom. The molecule has 0 aliphatic carbocycles. The Bertz CT molecular complexity index is 1060. The van der Waals surface area contributed by atoms with Crippen LogP contribution in [-0.2, 0) is 6.61 Å². The molecule has 0 aliphatic rings. The molecule has 4 heteroatoms. The monoisotopic (exact) mass is 348 g/mol. The van der Waals surface area contributed by atoms with E-state index in [-0.39, 0.29) is 5.63 Å². The SMILES string of the molecule is Cc1cc(=O)oc2cc(OCc3ccc(-c4cccs4)cc3)ccc12. The average Bonchev–Trinajstić information content (AvgIpc) is 3.14. The molecule has 2 heterocycles. The van der Waals surface area contributed by atoms with Gasteiger partial charge >= 0.3 is 5.63 Å². The summed E-state index contributed by atoms with van der Waals surface area (Å²) in [5.41, 5.74) is 3.41. The summed E-state index contributed by atoms with van der Waals surface area (Å²) in [6.07, 6.45) is 0. The van der Waals surface area contributed by atoms with Gasteiger partial charge in [-0.3, -0.25) is 0 Å². The fraction of sp³-hybridized carbons (Fsp3) is 0.0952. The smallest absolute Gasteiger partial charge is 0.336 e. The van der Waals surface area contributed by atoms with Gasteiger partial charge in [0.05, 0.1) is 0 Å². The summed E-state index contributed by atoms with van der Waals surface area (Å²) in [6.45, 7) is 2.36. The first-order valence-corrected chi connectivity index (χ1v) is 8.87. The third-order valence-corrected chi connectivity index (χ3v) is 5.01. The van der Waals surface area contributed by atoms with Crippen molar-refractivity contribution in [1.29, 1.82) is 0 Å². The molecule has 3 nitrogen and oxygen atoms in total.